The normalized spacial score (nSPS) is 10.6. The van der Waals surface area contributed by atoms with Crippen LogP contribution >= 0.6 is 15.9 Å². The van der Waals surface area contributed by atoms with E-state index >= 15 is 0 Å². The van der Waals surface area contributed by atoms with Crippen LogP contribution in [0.15, 0.2) is 52.0 Å². The van der Waals surface area contributed by atoms with Crippen LogP contribution in [-0.4, -0.2) is 23.8 Å². The number of rotatable bonds is 5. The van der Waals surface area contributed by atoms with E-state index in [1.807, 2.05) is 13.0 Å². The maximum atomic E-state index is 11.9. The second kappa shape index (κ2) is 7.61. The average Bonchev–Trinajstić information content (AvgIpc) is 2.49. The molecule has 2 rings (SSSR count). The van der Waals surface area contributed by atoms with Crippen molar-refractivity contribution >= 4 is 28.1 Å². The number of nitrogens with zero attached hydrogens (tertiary/aromatic N) is 1. The molecule has 0 radical (unpaired) electrons. The van der Waals surface area contributed by atoms with E-state index in [1.165, 1.54) is 12.3 Å². The Morgan fingerprint density at radius 3 is 2.86 bits per heavy atom. The van der Waals surface area contributed by atoms with E-state index in [2.05, 4.69) is 26.5 Å². The monoisotopic (exact) mass is 362 g/mol. The van der Waals surface area contributed by atoms with Gasteiger partial charge in [-0.1, -0.05) is 22.0 Å². The first kappa shape index (κ1) is 16.0. The highest BCUT2D eigenvalue weighted by atomic mass is 79.9. The fourth-order valence-electron chi connectivity index (χ4n) is 1.74. The number of hydrazone groups is 1. The molecule has 0 aliphatic heterocycles. The first-order chi connectivity index (χ1) is 10.6. The molecular weight excluding hydrogens is 348 g/mol. The molecule has 2 aromatic carbocycles. The first-order valence-electron chi connectivity index (χ1n) is 6.65. The van der Waals surface area contributed by atoms with Gasteiger partial charge in [-0.05, 0) is 37.3 Å². The fourth-order valence-corrected chi connectivity index (χ4v) is 2.14. The summed E-state index contributed by atoms with van der Waals surface area (Å²) in [4.78, 5) is 11.9. The Bertz CT molecular complexity index is 702. The lowest BCUT2D eigenvalue weighted by molar-refractivity contribution is 0.0955. The number of amides is 1. The lowest BCUT2D eigenvalue weighted by Gasteiger charge is -2.05. The van der Waals surface area contributed by atoms with Crippen molar-refractivity contribution in [3.63, 3.8) is 0 Å². The van der Waals surface area contributed by atoms with Crippen LogP contribution in [0, 0.1) is 0 Å². The van der Waals surface area contributed by atoms with Crippen molar-refractivity contribution < 1.29 is 14.6 Å². The zero-order valence-corrected chi connectivity index (χ0v) is 13.5. The molecule has 2 N–H and O–H groups in total. The molecule has 0 bridgehead atoms. The lowest BCUT2D eigenvalue weighted by Crippen LogP contribution is -2.17. The number of carbonyl (C=O) groups is 1. The quantitative estimate of drug-likeness (QED) is 0.633. The average molecular weight is 363 g/mol. The van der Waals surface area contributed by atoms with Gasteiger partial charge in [0.25, 0.3) is 5.91 Å². The molecule has 1 amide bonds. The number of benzene rings is 2. The molecule has 0 aromatic heterocycles. The Morgan fingerprint density at radius 1 is 1.36 bits per heavy atom. The van der Waals surface area contributed by atoms with Crippen molar-refractivity contribution in [1.29, 1.82) is 0 Å². The molecule has 0 saturated carbocycles. The van der Waals surface area contributed by atoms with E-state index in [0.29, 0.717) is 23.5 Å². The van der Waals surface area contributed by atoms with Gasteiger partial charge in [0, 0.05) is 21.7 Å². The summed E-state index contributed by atoms with van der Waals surface area (Å²) in [7, 11) is 0. The van der Waals surface area contributed by atoms with Crippen molar-refractivity contribution in [2.24, 2.45) is 5.10 Å². The molecule has 0 heterocycles. The van der Waals surface area contributed by atoms with E-state index in [4.69, 9.17) is 4.74 Å². The molecule has 0 spiro atoms. The van der Waals surface area contributed by atoms with Crippen molar-refractivity contribution in [2.45, 2.75) is 6.92 Å². The highest BCUT2D eigenvalue weighted by Gasteiger charge is 2.05. The summed E-state index contributed by atoms with van der Waals surface area (Å²) in [5.74, 6) is 0.282. The second-order valence-electron chi connectivity index (χ2n) is 4.36. The number of phenolic OH excluding ortho intramolecular Hbond substituents is 1. The summed E-state index contributed by atoms with van der Waals surface area (Å²) in [5, 5.41) is 13.7. The minimum absolute atomic E-state index is 0.0337. The molecule has 0 aliphatic carbocycles. The van der Waals surface area contributed by atoms with E-state index < -0.39 is 0 Å². The van der Waals surface area contributed by atoms with Gasteiger partial charge in [0.1, 0.15) is 11.5 Å². The zero-order chi connectivity index (χ0) is 15.9. The van der Waals surface area contributed by atoms with Gasteiger partial charge in [0.2, 0.25) is 0 Å². The predicted molar refractivity (Wildman–Crippen MR) is 88.5 cm³/mol. The minimum Gasteiger partial charge on any atom is -0.507 e. The van der Waals surface area contributed by atoms with Gasteiger partial charge in [-0.2, -0.15) is 5.10 Å². The standard InChI is InChI=1S/C16H15BrN2O3/c1-2-22-14-7-6-12(15(20)9-14)10-18-19-16(21)11-4-3-5-13(17)8-11/h3-10,20H,2H2,1H3,(H,19,21)/b18-10-. The number of hydrogen-bond donors (Lipinski definition) is 2. The molecule has 5 nitrogen and oxygen atoms in total. The van der Waals surface area contributed by atoms with Gasteiger partial charge in [-0.25, -0.2) is 5.43 Å². The number of halogens is 1. The second-order valence-corrected chi connectivity index (χ2v) is 5.28. The highest BCUT2D eigenvalue weighted by molar-refractivity contribution is 9.10. The van der Waals surface area contributed by atoms with Gasteiger partial charge >= 0.3 is 0 Å². The molecule has 114 valence electrons. The molecule has 0 unspecified atom stereocenters. The summed E-state index contributed by atoms with van der Waals surface area (Å²) in [5.41, 5.74) is 3.38. The Kier molecular flexibility index (Phi) is 5.55. The molecule has 6 heteroatoms. The summed E-state index contributed by atoms with van der Waals surface area (Å²) < 4.78 is 6.09. The van der Waals surface area contributed by atoms with Gasteiger partial charge in [-0.15, -0.1) is 0 Å². The minimum atomic E-state index is -0.331. The number of phenols is 1. The summed E-state index contributed by atoms with van der Waals surface area (Å²) in [6.45, 7) is 2.39. The van der Waals surface area contributed by atoms with Crippen LogP contribution in [-0.2, 0) is 0 Å². The topological polar surface area (TPSA) is 70.9 Å². The van der Waals surface area contributed by atoms with E-state index in [0.717, 1.165) is 4.47 Å². The number of carbonyl (C=O) groups excluding carboxylic acids is 1. The molecular formula is C16H15BrN2O3. The van der Waals surface area contributed by atoms with Gasteiger partial charge in [0.05, 0.1) is 12.8 Å². The Morgan fingerprint density at radius 2 is 2.18 bits per heavy atom. The van der Waals surface area contributed by atoms with Crippen LogP contribution in [0.2, 0.25) is 0 Å². The molecule has 0 atom stereocenters. The molecule has 2 aromatic rings. The summed E-state index contributed by atoms with van der Waals surface area (Å²) >= 11 is 3.30. The molecule has 0 saturated heterocycles. The van der Waals surface area contributed by atoms with Crippen LogP contribution in [0.3, 0.4) is 0 Å². The van der Waals surface area contributed by atoms with Crippen molar-refractivity contribution in [3.8, 4) is 11.5 Å². The summed E-state index contributed by atoms with van der Waals surface area (Å²) in [6, 6.07) is 11.9. The van der Waals surface area contributed by atoms with Gasteiger partial charge in [-0.3, -0.25) is 4.79 Å². The summed E-state index contributed by atoms with van der Waals surface area (Å²) in [6.07, 6.45) is 1.38. The number of aromatic hydroxyl groups is 1. The zero-order valence-electron chi connectivity index (χ0n) is 11.9. The Labute approximate surface area is 136 Å². The van der Waals surface area contributed by atoms with E-state index in [9.17, 15) is 9.90 Å². The SMILES string of the molecule is CCOc1ccc(/C=N\NC(=O)c2cccc(Br)c2)c(O)c1. The van der Waals surface area contributed by atoms with Crippen LogP contribution in [0.25, 0.3) is 0 Å². The van der Waals surface area contributed by atoms with Crippen LogP contribution in [0.5, 0.6) is 11.5 Å². The number of hydrogen-bond acceptors (Lipinski definition) is 4. The molecule has 0 aliphatic rings. The third-order valence-corrected chi connectivity index (χ3v) is 3.26. The molecule has 22 heavy (non-hydrogen) atoms. The fraction of sp³-hybridized carbons (Fsp3) is 0.125. The van der Waals surface area contributed by atoms with Gasteiger partial charge < -0.3 is 9.84 Å². The van der Waals surface area contributed by atoms with Gasteiger partial charge in [0.15, 0.2) is 0 Å². The van der Waals surface area contributed by atoms with E-state index in [-0.39, 0.29) is 11.7 Å². The first-order valence-corrected chi connectivity index (χ1v) is 7.44. The largest absolute Gasteiger partial charge is 0.507 e. The van der Waals surface area contributed by atoms with Crippen LogP contribution in [0.1, 0.15) is 22.8 Å². The van der Waals surface area contributed by atoms with Crippen LogP contribution in [0.4, 0.5) is 0 Å². The van der Waals surface area contributed by atoms with Crippen molar-refractivity contribution in [3.05, 3.63) is 58.1 Å². The van der Waals surface area contributed by atoms with Crippen LogP contribution < -0.4 is 10.2 Å². The third-order valence-electron chi connectivity index (χ3n) is 2.77. The highest BCUT2D eigenvalue weighted by Crippen LogP contribution is 2.22. The maximum Gasteiger partial charge on any atom is 0.271 e. The lowest BCUT2D eigenvalue weighted by atomic mass is 10.2. The van der Waals surface area contributed by atoms with Crippen molar-refractivity contribution in [2.75, 3.05) is 6.61 Å². The molecule has 0 fully saturated rings. The maximum absolute atomic E-state index is 11.9. The van der Waals surface area contributed by atoms with Crippen molar-refractivity contribution in [1.82, 2.24) is 5.43 Å². The van der Waals surface area contributed by atoms with E-state index in [1.54, 1.807) is 30.3 Å². The number of nitrogens with one attached hydrogen (secondary N) is 1. The third kappa shape index (κ3) is 4.33. The predicted octanol–water partition coefficient (Wildman–Crippen LogP) is 3.32. The Hall–Kier alpha value is -2.34. The smallest absolute Gasteiger partial charge is 0.271 e. The number of ether oxygens (including phenoxy) is 1. The Balaban J connectivity index is 2.02.